The van der Waals surface area contributed by atoms with E-state index in [0.717, 1.165) is 0 Å². The first-order valence-electron chi connectivity index (χ1n) is 5.85. The lowest BCUT2D eigenvalue weighted by atomic mass is 10.1. The zero-order valence-corrected chi connectivity index (χ0v) is 10.9. The molecular formula is C13H12N2O5. The fraction of sp³-hybridized carbons (Fsp3) is 0.231. The van der Waals surface area contributed by atoms with Gasteiger partial charge in [0.2, 0.25) is 6.79 Å². The van der Waals surface area contributed by atoms with E-state index in [0.29, 0.717) is 28.5 Å². The largest absolute Gasteiger partial charge is 0.496 e. The molecular weight excluding hydrogens is 264 g/mol. The standard InChI is InChI=1S/C13H12N2O5/c1-15-9(4-8(14-15)13(16)17)7-3-11-12(20-6-19-11)5-10(7)18-2/h3-5H,6H2,1-2H3,(H,16,17). The summed E-state index contributed by atoms with van der Waals surface area (Å²) in [6.45, 7) is 0.160. The van der Waals surface area contributed by atoms with E-state index < -0.39 is 5.97 Å². The highest BCUT2D eigenvalue weighted by Gasteiger charge is 2.21. The van der Waals surface area contributed by atoms with Crippen molar-refractivity contribution < 1.29 is 24.1 Å². The van der Waals surface area contributed by atoms with E-state index in [1.165, 1.54) is 17.9 Å². The molecule has 1 aromatic carbocycles. The molecule has 20 heavy (non-hydrogen) atoms. The van der Waals surface area contributed by atoms with E-state index in [1.807, 2.05) is 0 Å². The Hall–Kier alpha value is -2.70. The maximum atomic E-state index is 11.0. The van der Waals surface area contributed by atoms with Crippen LogP contribution in [-0.2, 0) is 7.05 Å². The van der Waals surface area contributed by atoms with E-state index in [1.54, 1.807) is 19.2 Å². The van der Waals surface area contributed by atoms with E-state index in [2.05, 4.69) is 5.10 Å². The predicted molar refractivity (Wildman–Crippen MR) is 68.3 cm³/mol. The topological polar surface area (TPSA) is 82.8 Å². The second kappa shape index (κ2) is 4.44. The molecule has 0 atom stereocenters. The molecule has 0 aliphatic carbocycles. The second-order valence-corrected chi connectivity index (χ2v) is 4.25. The van der Waals surface area contributed by atoms with Gasteiger partial charge in [0, 0.05) is 18.7 Å². The molecule has 1 aliphatic rings. The Labute approximate surface area is 114 Å². The molecule has 0 radical (unpaired) electrons. The quantitative estimate of drug-likeness (QED) is 0.915. The predicted octanol–water partition coefficient (Wildman–Crippen LogP) is 1.52. The highest BCUT2D eigenvalue weighted by atomic mass is 16.7. The van der Waals surface area contributed by atoms with Crippen molar-refractivity contribution in [3.8, 4) is 28.5 Å². The number of carbonyl (C=O) groups is 1. The van der Waals surface area contributed by atoms with E-state index in [9.17, 15) is 4.79 Å². The minimum absolute atomic E-state index is 0.0257. The van der Waals surface area contributed by atoms with Crippen LogP contribution >= 0.6 is 0 Å². The van der Waals surface area contributed by atoms with Crippen molar-refractivity contribution in [1.29, 1.82) is 0 Å². The molecule has 1 N–H and O–H groups in total. The van der Waals surface area contributed by atoms with Crippen molar-refractivity contribution in [1.82, 2.24) is 9.78 Å². The van der Waals surface area contributed by atoms with Gasteiger partial charge in [-0.3, -0.25) is 4.68 Å². The smallest absolute Gasteiger partial charge is 0.356 e. The lowest BCUT2D eigenvalue weighted by molar-refractivity contribution is 0.0689. The van der Waals surface area contributed by atoms with Crippen LogP contribution in [0.4, 0.5) is 0 Å². The van der Waals surface area contributed by atoms with Gasteiger partial charge in [-0.05, 0) is 12.1 Å². The van der Waals surface area contributed by atoms with Crippen LogP contribution < -0.4 is 14.2 Å². The Balaban J connectivity index is 2.16. The van der Waals surface area contributed by atoms with Gasteiger partial charge in [0.15, 0.2) is 17.2 Å². The number of aryl methyl sites for hydroxylation is 1. The third kappa shape index (κ3) is 1.83. The molecule has 0 bridgehead atoms. The number of carboxylic acid groups (broad SMARTS) is 1. The number of benzene rings is 1. The fourth-order valence-electron chi connectivity index (χ4n) is 2.12. The first-order valence-corrected chi connectivity index (χ1v) is 5.85. The van der Waals surface area contributed by atoms with Crippen molar-refractivity contribution in [3.05, 3.63) is 23.9 Å². The number of hydrogen-bond acceptors (Lipinski definition) is 5. The summed E-state index contributed by atoms with van der Waals surface area (Å²) in [4.78, 5) is 11.0. The fourth-order valence-corrected chi connectivity index (χ4v) is 2.12. The van der Waals surface area contributed by atoms with Crippen LogP contribution in [-0.4, -0.2) is 34.8 Å². The third-order valence-electron chi connectivity index (χ3n) is 3.07. The number of nitrogens with zero attached hydrogens (tertiary/aromatic N) is 2. The molecule has 1 aliphatic heterocycles. The maximum Gasteiger partial charge on any atom is 0.356 e. The number of fused-ring (bicyclic) bond motifs is 1. The van der Waals surface area contributed by atoms with E-state index in [4.69, 9.17) is 19.3 Å². The third-order valence-corrected chi connectivity index (χ3v) is 3.07. The highest BCUT2D eigenvalue weighted by molar-refractivity contribution is 5.87. The molecule has 2 heterocycles. The summed E-state index contributed by atoms with van der Waals surface area (Å²) < 4.78 is 17.4. The summed E-state index contributed by atoms with van der Waals surface area (Å²) in [5, 5.41) is 12.9. The van der Waals surface area contributed by atoms with Crippen LogP contribution in [0.25, 0.3) is 11.3 Å². The van der Waals surface area contributed by atoms with Gasteiger partial charge in [0.25, 0.3) is 0 Å². The first-order chi connectivity index (χ1) is 9.60. The van der Waals surface area contributed by atoms with Crippen LogP contribution in [0.3, 0.4) is 0 Å². The normalized spacial score (nSPS) is 12.5. The van der Waals surface area contributed by atoms with Gasteiger partial charge in [-0.2, -0.15) is 5.10 Å². The van der Waals surface area contributed by atoms with Gasteiger partial charge in [-0.1, -0.05) is 0 Å². The summed E-state index contributed by atoms with van der Waals surface area (Å²) in [7, 11) is 3.21. The molecule has 1 aromatic heterocycles. The van der Waals surface area contributed by atoms with E-state index in [-0.39, 0.29) is 12.5 Å². The van der Waals surface area contributed by atoms with Crippen molar-refractivity contribution in [2.24, 2.45) is 7.05 Å². The van der Waals surface area contributed by atoms with Crippen LogP contribution in [0.15, 0.2) is 18.2 Å². The summed E-state index contributed by atoms with van der Waals surface area (Å²) in [6.07, 6.45) is 0. The Morgan fingerprint density at radius 2 is 2.05 bits per heavy atom. The molecule has 0 unspecified atom stereocenters. The van der Waals surface area contributed by atoms with Crippen molar-refractivity contribution in [3.63, 3.8) is 0 Å². The second-order valence-electron chi connectivity index (χ2n) is 4.25. The van der Waals surface area contributed by atoms with E-state index >= 15 is 0 Å². The molecule has 0 saturated carbocycles. The summed E-state index contributed by atoms with van der Waals surface area (Å²) in [5.41, 5.74) is 1.29. The average molecular weight is 276 g/mol. The van der Waals surface area contributed by atoms with Crippen LogP contribution in [0.1, 0.15) is 10.5 Å². The van der Waals surface area contributed by atoms with Crippen molar-refractivity contribution >= 4 is 5.97 Å². The van der Waals surface area contributed by atoms with Crippen LogP contribution in [0, 0.1) is 0 Å². The van der Waals surface area contributed by atoms with Crippen molar-refractivity contribution in [2.75, 3.05) is 13.9 Å². The Bertz CT molecular complexity index is 692. The number of rotatable bonds is 3. The molecule has 7 heteroatoms. The summed E-state index contributed by atoms with van der Waals surface area (Å²) >= 11 is 0. The number of ether oxygens (including phenoxy) is 3. The molecule has 3 rings (SSSR count). The molecule has 104 valence electrons. The number of aromatic nitrogens is 2. The van der Waals surface area contributed by atoms with Gasteiger partial charge >= 0.3 is 5.97 Å². The monoisotopic (exact) mass is 276 g/mol. The molecule has 2 aromatic rings. The summed E-state index contributed by atoms with van der Waals surface area (Å²) in [6, 6.07) is 4.96. The highest BCUT2D eigenvalue weighted by Crippen LogP contribution is 2.42. The number of aromatic carboxylic acids is 1. The Morgan fingerprint density at radius 3 is 2.65 bits per heavy atom. The maximum absolute atomic E-state index is 11.0. The first kappa shape index (κ1) is 12.3. The van der Waals surface area contributed by atoms with Gasteiger partial charge < -0.3 is 19.3 Å². The minimum Gasteiger partial charge on any atom is -0.496 e. The van der Waals surface area contributed by atoms with Crippen LogP contribution in [0.2, 0.25) is 0 Å². The molecule has 0 amide bonds. The lowest BCUT2D eigenvalue weighted by Gasteiger charge is -2.09. The minimum atomic E-state index is -1.08. The number of carboxylic acids is 1. The number of methoxy groups -OCH3 is 1. The molecule has 0 fully saturated rings. The SMILES string of the molecule is COc1cc2c(cc1-c1cc(C(=O)O)nn1C)OCO2. The van der Waals surface area contributed by atoms with Gasteiger partial charge in [-0.25, -0.2) is 4.79 Å². The Morgan fingerprint density at radius 1 is 1.35 bits per heavy atom. The van der Waals surface area contributed by atoms with Gasteiger partial charge in [-0.15, -0.1) is 0 Å². The lowest BCUT2D eigenvalue weighted by Crippen LogP contribution is -1.99. The zero-order chi connectivity index (χ0) is 14.3. The Kier molecular flexibility index (Phi) is 2.74. The number of hydrogen-bond donors (Lipinski definition) is 1. The van der Waals surface area contributed by atoms with Gasteiger partial charge in [0.05, 0.1) is 12.8 Å². The zero-order valence-electron chi connectivity index (χ0n) is 10.9. The molecule has 0 spiro atoms. The van der Waals surface area contributed by atoms with Crippen molar-refractivity contribution in [2.45, 2.75) is 0 Å². The average Bonchev–Trinajstić information content (AvgIpc) is 3.02. The molecule has 0 saturated heterocycles. The summed E-state index contributed by atoms with van der Waals surface area (Å²) in [5.74, 6) is 0.686. The van der Waals surface area contributed by atoms with Gasteiger partial charge in [0.1, 0.15) is 5.75 Å². The van der Waals surface area contributed by atoms with Crippen LogP contribution in [0.5, 0.6) is 17.2 Å². The molecule has 7 nitrogen and oxygen atoms in total.